The Morgan fingerprint density at radius 1 is 1.05 bits per heavy atom. The second kappa shape index (κ2) is 6.12. The van der Waals surface area contributed by atoms with E-state index in [9.17, 15) is 0 Å². The molecule has 3 nitrogen and oxygen atoms in total. The van der Waals surface area contributed by atoms with E-state index >= 15 is 0 Å². The highest BCUT2D eigenvalue weighted by molar-refractivity contribution is 6.30. The Morgan fingerprint density at radius 3 is 2.57 bits per heavy atom. The fourth-order valence-electron chi connectivity index (χ4n) is 2.17. The highest BCUT2D eigenvalue weighted by atomic mass is 35.5. The molecule has 3 rings (SSSR count). The van der Waals surface area contributed by atoms with Crippen LogP contribution in [0.25, 0.3) is 22.3 Å². The maximum Gasteiger partial charge on any atom is 0.136 e. The van der Waals surface area contributed by atoms with Gasteiger partial charge < -0.3 is 9.52 Å². The van der Waals surface area contributed by atoms with Crippen molar-refractivity contribution in [1.82, 2.24) is 0 Å². The maximum absolute atomic E-state index is 8.98. The van der Waals surface area contributed by atoms with E-state index in [4.69, 9.17) is 21.1 Å². The summed E-state index contributed by atoms with van der Waals surface area (Å²) in [7, 11) is 0. The van der Waals surface area contributed by atoms with Crippen LogP contribution in [-0.2, 0) is 0 Å². The van der Waals surface area contributed by atoms with Gasteiger partial charge in [0.05, 0.1) is 18.5 Å². The Labute approximate surface area is 127 Å². The summed E-state index contributed by atoms with van der Waals surface area (Å²) in [6, 6.07) is 17.1. The lowest BCUT2D eigenvalue weighted by molar-refractivity contribution is 0.306. The lowest BCUT2D eigenvalue weighted by atomic mass is 10.1. The second-order valence-electron chi connectivity index (χ2n) is 4.60. The van der Waals surface area contributed by atoms with Crippen LogP contribution < -0.4 is 5.36 Å². The van der Waals surface area contributed by atoms with Gasteiger partial charge in [0.1, 0.15) is 11.3 Å². The summed E-state index contributed by atoms with van der Waals surface area (Å²) in [4.78, 5) is 4.42. The van der Waals surface area contributed by atoms with E-state index in [1.165, 1.54) is 0 Å². The van der Waals surface area contributed by atoms with Crippen LogP contribution in [0.4, 0.5) is 0 Å². The molecule has 2 aromatic carbocycles. The van der Waals surface area contributed by atoms with Crippen LogP contribution in [0.15, 0.2) is 64.0 Å². The Balaban J connectivity index is 2.22. The van der Waals surface area contributed by atoms with Crippen molar-refractivity contribution >= 4 is 22.6 Å². The summed E-state index contributed by atoms with van der Waals surface area (Å²) < 4.78 is 5.94. The van der Waals surface area contributed by atoms with Crippen molar-refractivity contribution in [2.75, 3.05) is 13.2 Å². The van der Waals surface area contributed by atoms with Crippen molar-refractivity contribution in [1.29, 1.82) is 0 Å². The van der Waals surface area contributed by atoms with E-state index < -0.39 is 0 Å². The third-order valence-corrected chi connectivity index (χ3v) is 3.41. The highest BCUT2D eigenvalue weighted by Crippen LogP contribution is 2.23. The van der Waals surface area contributed by atoms with Crippen molar-refractivity contribution in [3.8, 4) is 11.3 Å². The molecular formula is C17H14ClNO2. The van der Waals surface area contributed by atoms with Gasteiger partial charge in [-0.1, -0.05) is 23.7 Å². The summed E-state index contributed by atoms with van der Waals surface area (Å²) in [6.07, 6.45) is 0. The molecule has 0 bridgehead atoms. The number of aliphatic hydroxyl groups excluding tert-OH is 1. The molecule has 0 aliphatic rings. The molecule has 1 heterocycles. The molecule has 0 radical (unpaired) electrons. The monoisotopic (exact) mass is 299 g/mol. The molecule has 0 spiro atoms. The summed E-state index contributed by atoms with van der Waals surface area (Å²) in [5.74, 6) is 0.724. The largest absolute Gasteiger partial charge is 0.456 e. The van der Waals surface area contributed by atoms with Gasteiger partial charge in [-0.2, -0.15) is 0 Å². The van der Waals surface area contributed by atoms with Crippen LogP contribution in [0.5, 0.6) is 0 Å². The van der Waals surface area contributed by atoms with Gasteiger partial charge in [0, 0.05) is 22.0 Å². The number of rotatable bonds is 3. The normalized spacial score (nSPS) is 12.0. The smallest absolute Gasteiger partial charge is 0.136 e. The van der Waals surface area contributed by atoms with Gasteiger partial charge in [-0.3, -0.25) is 4.99 Å². The number of nitrogens with zero attached hydrogens (tertiary/aromatic N) is 1. The molecule has 3 aromatic rings. The zero-order valence-electron chi connectivity index (χ0n) is 11.3. The van der Waals surface area contributed by atoms with Crippen molar-refractivity contribution in [2.45, 2.75) is 0 Å². The summed E-state index contributed by atoms with van der Waals surface area (Å²) >= 11 is 5.92. The van der Waals surface area contributed by atoms with Crippen LogP contribution in [0.1, 0.15) is 0 Å². The zero-order chi connectivity index (χ0) is 14.7. The first-order chi connectivity index (χ1) is 10.3. The number of para-hydroxylation sites is 1. The van der Waals surface area contributed by atoms with Crippen LogP contribution >= 0.6 is 11.6 Å². The molecular weight excluding hydrogens is 286 g/mol. The van der Waals surface area contributed by atoms with Crippen molar-refractivity contribution < 1.29 is 9.52 Å². The van der Waals surface area contributed by atoms with E-state index in [0.717, 1.165) is 27.7 Å². The predicted octanol–water partition coefficient (Wildman–Crippen LogP) is 3.65. The summed E-state index contributed by atoms with van der Waals surface area (Å²) in [6.45, 7) is 0.394. The molecule has 0 atom stereocenters. The van der Waals surface area contributed by atoms with E-state index in [0.29, 0.717) is 11.6 Å². The molecule has 1 aromatic heterocycles. The van der Waals surface area contributed by atoms with Crippen LogP contribution in [0.3, 0.4) is 0 Å². The topological polar surface area (TPSA) is 45.7 Å². The van der Waals surface area contributed by atoms with Crippen molar-refractivity contribution in [3.63, 3.8) is 0 Å². The number of hydrogen-bond acceptors (Lipinski definition) is 3. The number of fused-ring (bicyclic) bond motifs is 1. The third kappa shape index (κ3) is 2.99. The molecule has 0 unspecified atom stereocenters. The molecule has 0 saturated heterocycles. The van der Waals surface area contributed by atoms with E-state index in [2.05, 4.69) is 4.99 Å². The number of aliphatic hydroxyl groups is 1. The van der Waals surface area contributed by atoms with Gasteiger partial charge in [0.15, 0.2) is 0 Å². The number of benzene rings is 2. The minimum atomic E-state index is 0.0244. The van der Waals surface area contributed by atoms with E-state index in [-0.39, 0.29) is 6.61 Å². The molecule has 0 aliphatic carbocycles. The first kappa shape index (κ1) is 13.9. The van der Waals surface area contributed by atoms with Gasteiger partial charge in [0.2, 0.25) is 0 Å². The quantitative estimate of drug-likeness (QED) is 0.802. The molecule has 21 heavy (non-hydrogen) atoms. The lowest BCUT2D eigenvalue weighted by Crippen LogP contribution is -2.06. The zero-order valence-corrected chi connectivity index (χ0v) is 12.0. The van der Waals surface area contributed by atoms with Gasteiger partial charge in [-0.05, 0) is 36.4 Å². The molecule has 0 fully saturated rings. The van der Waals surface area contributed by atoms with Crippen molar-refractivity contribution in [2.24, 2.45) is 4.99 Å². The van der Waals surface area contributed by atoms with Gasteiger partial charge >= 0.3 is 0 Å². The second-order valence-corrected chi connectivity index (χ2v) is 5.04. The third-order valence-electron chi connectivity index (χ3n) is 3.16. The van der Waals surface area contributed by atoms with Gasteiger partial charge in [0.25, 0.3) is 0 Å². The standard InChI is InChI=1S/C17H14ClNO2/c18-13-7-5-12(6-8-13)17-11-15(19-9-10-20)14-3-1-2-4-16(14)21-17/h1-8,11,20H,9-10H2. The van der Waals surface area contributed by atoms with E-state index in [1.54, 1.807) is 0 Å². The minimum absolute atomic E-state index is 0.0244. The molecule has 0 amide bonds. The lowest BCUT2D eigenvalue weighted by Gasteiger charge is -2.05. The molecule has 106 valence electrons. The predicted molar refractivity (Wildman–Crippen MR) is 84.2 cm³/mol. The first-order valence-corrected chi connectivity index (χ1v) is 7.06. The Kier molecular flexibility index (Phi) is 4.04. The molecule has 1 N–H and O–H groups in total. The molecule has 4 heteroatoms. The van der Waals surface area contributed by atoms with Crippen LogP contribution in [0, 0.1) is 0 Å². The minimum Gasteiger partial charge on any atom is -0.456 e. The van der Waals surface area contributed by atoms with Crippen LogP contribution in [-0.4, -0.2) is 18.3 Å². The maximum atomic E-state index is 8.98. The number of halogens is 1. The average molecular weight is 300 g/mol. The first-order valence-electron chi connectivity index (χ1n) is 6.68. The molecule has 0 saturated carbocycles. The van der Waals surface area contributed by atoms with Gasteiger partial charge in [-0.15, -0.1) is 0 Å². The SMILES string of the molecule is OCCN=c1cc(-c2ccc(Cl)cc2)oc2ccccc12. The Morgan fingerprint density at radius 2 is 1.81 bits per heavy atom. The van der Waals surface area contributed by atoms with Gasteiger partial charge in [-0.25, -0.2) is 0 Å². The molecule has 0 aliphatic heterocycles. The summed E-state index contributed by atoms with van der Waals surface area (Å²) in [5, 5.41) is 11.4. The Bertz CT molecular complexity index is 822. The van der Waals surface area contributed by atoms with Crippen LogP contribution in [0.2, 0.25) is 5.02 Å². The average Bonchev–Trinajstić information content (AvgIpc) is 2.53. The Hall–Kier alpha value is -2.10. The van der Waals surface area contributed by atoms with E-state index in [1.807, 2.05) is 54.6 Å². The highest BCUT2D eigenvalue weighted by Gasteiger charge is 2.05. The van der Waals surface area contributed by atoms with Crippen molar-refractivity contribution in [3.05, 3.63) is 65.0 Å². The number of hydrogen-bond donors (Lipinski definition) is 1. The summed E-state index contributed by atoms with van der Waals surface area (Å²) in [5.41, 5.74) is 1.70. The fourth-order valence-corrected chi connectivity index (χ4v) is 2.30. The fraction of sp³-hybridized carbons (Fsp3) is 0.118.